The zero-order chi connectivity index (χ0) is 21.2. The number of hydrogen-bond acceptors (Lipinski definition) is 3. The van der Waals surface area contributed by atoms with Gasteiger partial charge in [0, 0.05) is 5.41 Å². The first kappa shape index (κ1) is 22.0. The van der Waals surface area contributed by atoms with Crippen molar-refractivity contribution in [2.24, 2.45) is 39.9 Å². The van der Waals surface area contributed by atoms with Gasteiger partial charge in [0.2, 0.25) is 0 Å². The molecule has 0 amide bonds. The minimum absolute atomic E-state index is 0.0783. The second-order valence-electron chi connectivity index (χ2n) is 12.4. The standard InChI is InChI=1S/C25H44O3Si/c1-23(2,3)17-13-16-7-8-18-19-9-10-21(27)24(19,4)12-11-20(18)25(16,15-26)22(14-17)28-29(5)6/h7,17-22,26-27,29H,8-15H2,1-6H3/t17?,18-,19-,20-,21-,22?,24-,25-/m0/s1. The van der Waals surface area contributed by atoms with Gasteiger partial charge >= 0.3 is 0 Å². The van der Waals surface area contributed by atoms with Crippen LogP contribution in [-0.4, -0.2) is 38.1 Å². The van der Waals surface area contributed by atoms with Crippen molar-refractivity contribution in [3.05, 3.63) is 11.6 Å². The normalized spacial score (nSPS) is 47.4. The smallest absolute Gasteiger partial charge is 0.171 e. The fraction of sp³-hybridized carbons (Fsp3) is 0.920. The van der Waals surface area contributed by atoms with Gasteiger partial charge in [0.25, 0.3) is 0 Å². The highest BCUT2D eigenvalue weighted by molar-refractivity contribution is 6.48. The molecule has 4 rings (SSSR count). The molecule has 0 bridgehead atoms. The van der Waals surface area contributed by atoms with Crippen LogP contribution in [-0.2, 0) is 4.43 Å². The molecule has 166 valence electrons. The Balaban J connectivity index is 1.75. The summed E-state index contributed by atoms with van der Waals surface area (Å²) in [7, 11) is -1.22. The third-order valence-electron chi connectivity index (χ3n) is 9.75. The lowest BCUT2D eigenvalue weighted by molar-refractivity contribution is -0.128. The van der Waals surface area contributed by atoms with Gasteiger partial charge in [0.15, 0.2) is 9.04 Å². The monoisotopic (exact) mass is 420 g/mol. The molecular formula is C25H44O3Si. The summed E-state index contributed by atoms with van der Waals surface area (Å²) in [4.78, 5) is 0. The van der Waals surface area contributed by atoms with Crippen LogP contribution >= 0.6 is 0 Å². The quantitative estimate of drug-likeness (QED) is 0.503. The van der Waals surface area contributed by atoms with Crippen LogP contribution in [0.1, 0.15) is 72.6 Å². The van der Waals surface area contributed by atoms with Crippen LogP contribution in [0.2, 0.25) is 13.1 Å². The molecule has 0 saturated heterocycles. The van der Waals surface area contributed by atoms with E-state index in [4.69, 9.17) is 4.43 Å². The molecule has 2 N–H and O–H groups in total. The summed E-state index contributed by atoms with van der Waals surface area (Å²) in [5.74, 6) is 2.31. The molecule has 8 atom stereocenters. The molecule has 3 saturated carbocycles. The van der Waals surface area contributed by atoms with Gasteiger partial charge in [-0.3, -0.25) is 0 Å². The molecule has 0 spiro atoms. The molecule has 3 nitrogen and oxygen atoms in total. The molecular weight excluding hydrogens is 376 g/mol. The van der Waals surface area contributed by atoms with Crippen molar-refractivity contribution in [1.82, 2.24) is 0 Å². The average Bonchev–Trinajstić information content (AvgIpc) is 2.95. The van der Waals surface area contributed by atoms with Crippen LogP contribution in [0.3, 0.4) is 0 Å². The SMILES string of the molecule is C[SiH](C)OC1CC(C(C)(C)C)CC2=CC[C@H]3[C@@H]4CC[C@H](O)[C@@]4(C)CC[C@@H]3[C@]21CO. The van der Waals surface area contributed by atoms with E-state index in [-0.39, 0.29) is 35.1 Å². The van der Waals surface area contributed by atoms with Crippen molar-refractivity contribution in [3.63, 3.8) is 0 Å². The van der Waals surface area contributed by atoms with Crippen LogP contribution in [0, 0.1) is 39.9 Å². The summed E-state index contributed by atoms with van der Waals surface area (Å²) in [6, 6.07) is 0. The lowest BCUT2D eigenvalue weighted by Gasteiger charge is -2.61. The second-order valence-corrected chi connectivity index (χ2v) is 14.7. The number of allylic oxidation sites excluding steroid dienone is 1. The maximum absolute atomic E-state index is 11.0. The summed E-state index contributed by atoms with van der Waals surface area (Å²) in [6.07, 6.45) is 10.2. The van der Waals surface area contributed by atoms with Gasteiger partial charge in [-0.15, -0.1) is 0 Å². The topological polar surface area (TPSA) is 49.7 Å². The number of aliphatic hydroxyl groups is 2. The van der Waals surface area contributed by atoms with Gasteiger partial charge < -0.3 is 14.6 Å². The minimum atomic E-state index is -1.22. The number of aliphatic hydroxyl groups excluding tert-OH is 2. The van der Waals surface area contributed by atoms with E-state index in [2.05, 4.69) is 46.9 Å². The average molecular weight is 421 g/mol. The Morgan fingerprint density at radius 3 is 2.52 bits per heavy atom. The number of fused-ring (bicyclic) bond motifs is 5. The van der Waals surface area contributed by atoms with E-state index in [0.29, 0.717) is 23.7 Å². The van der Waals surface area contributed by atoms with E-state index in [1.165, 1.54) is 5.57 Å². The molecule has 0 radical (unpaired) electrons. The number of rotatable bonds is 3. The Labute approximate surface area is 180 Å². The van der Waals surface area contributed by atoms with Gasteiger partial charge in [-0.05, 0) is 92.5 Å². The van der Waals surface area contributed by atoms with Crippen molar-refractivity contribution in [2.45, 2.75) is 97.9 Å². The van der Waals surface area contributed by atoms with Gasteiger partial charge in [-0.1, -0.05) is 39.3 Å². The third-order valence-corrected chi connectivity index (χ3v) is 10.6. The van der Waals surface area contributed by atoms with Crippen LogP contribution in [0.4, 0.5) is 0 Å². The Kier molecular flexibility index (Phi) is 5.67. The molecule has 2 unspecified atom stereocenters. The molecule has 0 aromatic carbocycles. The first-order chi connectivity index (χ1) is 13.5. The van der Waals surface area contributed by atoms with Crippen LogP contribution in [0.25, 0.3) is 0 Å². The van der Waals surface area contributed by atoms with Crippen LogP contribution in [0.15, 0.2) is 11.6 Å². The molecule has 29 heavy (non-hydrogen) atoms. The molecule has 4 heteroatoms. The first-order valence-electron chi connectivity index (χ1n) is 12.2. The van der Waals surface area contributed by atoms with Gasteiger partial charge in [0.1, 0.15) is 0 Å². The van der Waals surface area contributed by atoms with Gasteiger partial charge in [-0.2, -0.15) is 0 Å². The Bertz CT molecular complexity index is 653. The van der Waals surface area contributed by atoms with Crippen LogP contribution < -0.4 is 0 Å². The van der Waals surface area contributed by atoms with E-state index in [1.54, 1.807) is 0 Å². The van der Waals surface area contributed by atoms with Crippen molar-refractivity contribution in [3.8, 4) is 0 Å². The summed E-state index contributed by atoms with van der Waals surface area (Å²) in [6.45, 7) is 14.2. The number of hydrogen-bond donors (Lipinski definition) is 2. The van der Waals surface area contributed by atoms with E-state index in [1.807, 2.05) is 0 Å². The maximum Gasteiger partial charge on any atom is 0.171 e. The summed E-state index contributed by atoms with van der Waals surface area (Å²) < 4.78 is 6.78. The zero-order valence-corrected chi connectivity index (χ0v) is 20.7. The van der Waals surface area contributed by atoms with Crippen molar-refractivity contribution >= 4 is 9.04 Å². The molecule has 4 aliphatic carbocycles. The fourth-order valence-corrected chi connectivity index (χ4v) is 8.97. The van der Waals surface area contributed by atoms with Gasteiger partial charge in [0.05, 0.1) is 18.8 Å². The van der Waals surface area contributed by atoms with Gasteiger partial charge in [-0.25, -0.2) is 0 Å². The maximum atomic E-state index is 11.0. The lowest BCUT2D eigenvalue weighted by Crippen LogP contribution is -2.60. The zero-order valence-electron chi connectivity index (χ0n) is 19.6. The third kappa shape index (κ3) is 3.32. The second kappa shape index (κ2) is 7.46. The highest BCUT2D eigenvalue weighted by Gasteiger charge is 2.62. The van der Waals surface area contributed by atoms with E-state index in [0.717, 1.165) is 44.9 Å². The molecule has 0 aromatic rings. The van der Waals surface area contributed by atoms with Crippen LogP contribution in [0.5, 0.6) is 0 Å². The molecule has 0 aromatic heterocycles. The predicted molar refractivity (Wildman–Crippen MR) is 121 cm³/mol. The molecule has 3 fully saturated rings. The largest absolute Gasteiger partial charge is 0.417 e. The fourth-order valence-electron chi connectivity index (χ4n) is 7.96. The summed E-state index contributed by atoms with van der Waals surface area (Å²) in [5, 5.41) is 21.7. The highest BCUT2D eigenvalue weighted by Crippen LogP contribution is 2.66. The predicted octanol–water partition coefficient (Wildman–Crippen LogP) is 4.92. The Morgan fingerprint density at radius 1 is 1.17 bits per heavy atom. The first-order valence-corrected chi connectivity index (χ1v) is 15.0. The summed E-state index contributed by atoms with van der Waals surface area (Å²) >= 11 is 0. The lowest BCUT2D eigenvalue weighted by atomic mass is 9.45. The van der Waals surface area contributed by atoms with Crippen molar-refractivity contribution < 1.29 is 14.6 Å². The van der Waals surface area contributed by atoms with Crippen molar-refractivity contribution in [1.29, 1.82) is 0 Å². The highest BCUT2D eigenvalue weighted by atomic mass is 28.3. The Morgan fingerprint density at radius 2 is 1.90 bits per heavy atom. The van der Waals surface area contributed by atoms with Crippen molar-refractivity contribution in [2.75, 3.05) is 6.61 Å². The Hall–Kier alpha value is -0.163. The molecule has 4 aliphatic rings. The molecule has 0 heterocycles. The molecule has 0 aliphatic heterocycles. The van der Waals surface area contributed by atoms with E-state index < -0.39 is 9.04 Å². The minimum Gasteiger partial charge on any atom is -0.417 e. The summed E-state index contributed by atoms with van der Waals surface area (Å²) in [5.41, 5.74) is 1.67. The van der Waals surface area contributed by atoms with E-state index >= 15 is 0 Å². The van der Waals surface area contributed by atoms with E-state index in [9.17, 15) is 10.2 Å².